The molecular formula is C31H35F3N6O7S. The molecule has 2 heterocycles. The predicted octanol–water partition coefficient (Wildman–Crippen LogP) is 3.73. The number of aromatic nitrogens is 3. The van der Waals surface area contributed by atoms with E-state index >= 15 is 0 Å². The highest BCUT2D eigenvalue weighted by Crippen LogP contribution is 2.23. The van der Waals surface area contributed by atoms with E-state index < -0.39 is 46.6 Å². The molecule has 4 aromatic rings. The van der Waals surface area contributed by atoms with Gasteiger partial charge in [0.1, 0.15) is 11.9 Å². The summed E-state index contributed by atoms with van der Waals surface area (Å²) in [5.41, 5.74) is 3.88. The highest BCUT2D eigenvalue weighted by molar-refractivity contribution is 7.89. The van der Waals surface area contributed by atoms with Crippen molar-refractivity contribution < 1.29 is 46.2 Å². The van der Waals surface area contributed by atoms with Crippen LogP contribution in [0.15, 0.2) is 59.6 Å². The summed E-state index contributed by atoms with van der Waals surface area (Å²) in [5.74, 6) is -3.87. The minimum atomic E-state index is -5.08. The Bertz CT molecular complexity index is 1870. The Morgan fingerprint density at radius 3 is 2.21 bits per heavy atom. The van der Waals surface area contributed by atoms with Crippen molar-refractivity contribution >= 4 is 44.6 Å². The maximum atomic E-state index is 13.1. The first-order valence-corrected chi connectivity index (χ1v) is 15.9. The maximum absolute atomic E-state index is 13.1. The summed E-state index contributed by atoms with van der Waals surface area (Å²) in [4.78, 5) is 38.0. The highest BCUT2D eigenvalue weighted by Gasteiger charge is 2.38. The lowest BCUT2D eigenvalue weighted by atomic mass is 10.1. The number of nitrogens with zero attached hydrogens (tertiary/aromatic N) is 3. The summed E-state index contributed by atoms with van der Waals surface area (Å²) >= 11 is 0. The van der Waals surface area contributed by atoms with Crippen molar-refractivity contribution in [3.63, 3.8) is 0 Å². The fourth-order valence-electron chi connectivity index (χ4n) is 4.91. The van der Waals surface area contributed by atoms with E-state index in [1.165, 1.54) is 0 Å². The van der Waals surface area contributed by atoms with Crippen LogP contribution >= 0.6 is 0 Å². The van der Waals surface area contributed by atoms with Crippen LogP contribution in [0.2, 0.25) is 0 Å². The smallest absolute Gasteiger partial charge is 0.480 e. The predicted molar refractivity (Wildman–Crippen MR) is 170 cm³/mol. The normalized spacial score (nSPS) is 12.1. The lowest BCUT2D eigenvalue weighted by Gasteiger charge is -2.18. The Kier molecular flexibility index (Phi) is 12.2. The number of hydrogen-bond acceptors (Lipinski definition) is 8. The largest absolute Gasteiger partial charge is 0.490 e. The monoisotopic (exact) mass is 692 g/mol. The summed E-state index contributed by atoms with van der Waals surface area (Å²) in [6, 6.07) is 12.7. The van der Waals surface area contributed by atoms with E-state index in [9.17, 15) is 36.3 Å². The van der Waals surface area contributed by atoms with Crippen molar-refractivity contribution in [2.45, 2.75) is 50.7 Å². The number of benzene rings is 2. The number of fused-ring (bicyclic) bond motifs is 1. The molecule has 0 saturated heterocycles. The SMILES string of the molecule is Cc1cc(C)c(S(=O)(=O)N[C@@H](CNC(=O)c2ccc3c(CCCNc4ccccn4)nn(C)c3c2)C(=O)O)c(C)c1.O=C(O)C(F)(F)F. The van der Waals surface area contributed by atoms with Crippen LogP contribution in [-0.2, 0) is 33.1 Å². The van der Waals surface area contributed by atoms with E-state index in [-0.39, 0.29) is 4.90 Å². The molecule has 0 bridgehead atoms. The molecule has 0 unspecified atom stereocenters. The van der Waals surface area contributed by atoms with Gasteiger partial charge in [0, 0.05) is 37.3 Å². The van der Waals surface area contributed by atoms with Crippen LogP contribution in [0.1, 0.15) is 39.2 Å². The topological polar surface area (TPSA) is 193 Å². The average molecular weight is 693 g/mol. The highest BCUT2D eigenvalue weighted by atomic mass is 32.2. The molecule has 0 aliphatic carbocycles. The molecule has 48 heavy (non-hydrogen) atoms. The maximum Gasteiger partial charge on any atom is 0.490 e. The summed E-state index contributed by atoms with van der Waals surface area (Å²) in [5, 5.41) is 28.2. The number of alkyl halides is 3. The Labute approximate surface area is 274 Å². The minimum Gasteiger partial charge on any atom is -0.480 e. The molecule has 13 nitrogen and oxygen atoms in total. The van der Waals surface area contributed by atoms with Gasteiger partial charge in [0.15, 0.2) is 0 Å². The summed E-state index contributed by atoms with van der Waals surface area (Å²) in [6.07, 6.45) is -1.79. The van der Waals surface area contributed by atoms with Crippen LogP contribution in [-0.4, -0.2) is 76.5 Å². The number of aliphatic carboxylic acids is 2. The van der Waals surface area contributed by atoms with Crippen LogP contribution in [0.25, 0.3) is 10.9 Å². The number of aryl methyl sites for hydroxylation is 5. The van der Waals surface area contributed by atoms with Gasteiger partial charge in [-0.1, -0.05) is 29.8 Å². The van der Waals surface area contributed by atoms with Crippen LogP contribution < -0.4 is 15.4 Å². The van der Waals surface area contributed by atoms with Gasteiger partial charge in [0.25, 0.3) is 5.91 Å². The lowest BCUT2D eigenvalue weighted by molar-refractivity contribution is -0.192. The van der Waals surface area contributed by atoms with Gasteiger partial charge in [-0.15, -0.1) is 0 Å². The second-order valence-corrected chi connectivity index (χ2v) is 12.5. The lowest BCUT2D eigenvalue weighted by Crippen LogP contribution is -2.48. The Hall–Kier alpha value is -5.03. The summed E-state index contributed by atoms with van der Waals surface area (Å²) < 4.78 is 61.8. The van der Waals surface area contributed by atoms with E-state index in [1.807, 2.05) is 31.2 Å². The van der Waals surface area contributed by atoms with E-state index in [0.29, 0.717) is 16.7 Å². The molecule has 258 valence electrons. The van der Waals surface area contributed by atoms with Crippen molar-refractivity contribution in [3.8, 4) is 0 Å². The number of rotatable bonds is 12. The number of hydrogen-bond donors (Lipinski definition) is 5. The van der Waals surface area contributed by atoms with Crippen molar-refractivity contribution in [1.29, 1.82) is 0 Å². The molecule has 0 radical (unpaired) electrons. The minimum absolute atomic E-state index is 0.0330. The number of carbonyl (C=O) groups is 3. The molecular weight excluding hydrogens is 657 g/mol. The van der Waals surface area contributed by atoms with Crippen molar-refractivity contribution in [2.75, 3.05) is 18.4 Å². The van der Waals surface area contributed by atoms with Gasteiger partial charge in [-0.05, 0) is 69.0 Å². The zero-order valence-electron chi connectivity index (χ0n) is 26.4. The van der Waals surface area contributed by atoms with Gasteiger partial charge in [0.05, 0.1) is 16.1 Å². The number of carboxylic acid groups (broad SMARTS) is 2. The third-order valence-electron chi connectivity index (χ3n) is 6.93. The quantitative estimate of drug-likeness (QED) is 0.137. The van der Waals surface area contributed by atoms with E-state index in [4.69, 9.17) is 9.90 Å². The first kappa shape index (κ1) is 37.4. The summed E-state index contributed by atoms with van der Waals surface area (Å²) in [7, 11) is -2.36. The molecule has 0 fully saturated rings. The zero-order chi connectivity index (χ0) is 35.8. The fraction of sp³-hybridized carbons (Fsp3) is 0.323. The molecule has 5 N–H and O–H groups in total. The second kappa shape index (κ2) is 15.7. The number of nitrogens with one attached hydrogen (secondary N) is 3. The van der Waals surface area contributed by atoms with Crippen molar-refractivity contribution in [2.24, 2.45) is 7.05 Å². The van der Waals surface area contributed by atoms with Gasteiger partial charge in [0.2, 0.25) is 10.0 Å². The van der Waals surface area contributed by atoms with Crippen LogP contribution in [0.5, 0.6) is 0 Å². The molecule has 17 heteroatoms. The van der Waals surface area contributed by atoms with E-state index in [0.717, 1.165) is 47.4 Å². The summed E-state index contributed by atoms with van der Waals surface area (Å²) in [6.45, 7) is 5.46. The van der Waals surface area contributed by atoms with Gasteiger partial charge in [-0.2, -0.15) is 23.0 Å². The molecule has 2 aromatic carbocycles. The molecule has 1 atom stereocenters. The van der Waals surface area contributed by atoms with Crippen molar-refractivity contribution in [1.82, 2.24) is 24.8 Å². The number of amides is 1. The Balaban J connectivity index is 0.000000804. The molecule has 1 amide bonds. The first-order chi connectivity index (χ1) is 22.4. The van der Waals surface area contributed by atoms with Crippen molar-refractivity contribution in [3.05, 3.63) is 82.7 Å². The number of halogens is 3. The van der Waals surface area contributed by atoms with E-state index in [2.05, 4.69) is 25.4 Å². The number of carboxylic acids is 2. The number of anilines is 1. The fourth-order valence-corrected chi connectivity index (χ4v) is 6.55. The third kappa shape index (κ3) is 9.98. The second-order valence-electron chi connectivity index (χ2n) is 10.8. The average Bonchev–Trinajstić information content (AvgIpc) is 3.31. The first-order valence-electron chi connectivity index (χ1n) is 14.4. The van der Waals surface area contributed by atoms with Gasteiger partial charge < -0.3 is 20.8 Å². The molecule has 0 spiro atoms. The number of sulfonamides is 1. The van der Waals surface area contributed by atoms with Crippen LogP contribution in [0.4, 0.5) is 19.0 Å². The number of pyridine rings is 1. The molecule has 0 aliphatic rings. The van der Waals surface area contributed by atoms with Gasteiger partial charge in [-0.3, -0.25) is 14.3 Å². The molecule has 0 saturated carbocycles. The Morgan fingerprint density at radius 2 is 1.65 bits per heavy atom. The van der Waals surface area contributed by atoms with Crippen LogP contribution in [0, 0.1) is 20.8 Å². The molecule has 0 aliphatic heterocycles. The van der Waals surface area contributed by atoms with Crippen LogP contribution in [0.3, 0.4) is 0 Å². The zero-order valence-corrected chi connectivity index (χ0v) is 27.2. The molecule has 2 aromatic heterocycles. The third-order valence-corrected chi connectivity index (χ3v) is 8.71. The standard InChI is InChI=1S/C29H34N6O5S.C2HF3O2/c1-18-14-19(2)27(20(3)15-18)41(39,40)34-24(29(37)38)17-32-28(36)21-10-11-22-23(33-35(4)25(22)16-21)8-7-13-31-26-9-5-6-12-30-26;3-2(4,5)1(6)7/h5-6,9-12,14-16,24,34H,7-8,13,17H2,1-4H3,(H,30,31)(H,32,36)(H,37,38);(H,6,7)/t24-;/m0./s1. The van der Waals surface area contributed by atoms with E-state index in [1.54, 1.807) is 56.0 Å². The number of carbonyl (C=O) groups excluding carboxylic acids is 1. The Morgan fingerprint density at radius 1 is 1.00 bits per heavy atom. The van der Waals surface area contributed by atoms with Gasteiger partial charge >= 0.3 is 18.1 Å². The van der Waals surface area contributed by atoms with Gasteiger partial charge in [-0.25, -0.2) is 18.2 Å². The molecule has 4 rings (SSSR count).